The molecule has 0 unspecified atom stereocenters. The van der Waals surface area contributed by atoms with E-state index in [0.29, 0.717) is 23.3 Å². The van der Waals surface area contributed by atoms with Gasteiger partial charge in [0, 0.05) is 12.0 Å². The van der Waals surface area contributed by atoms with E-state index >= 15 is 0 Å². The summed E-state index contributed by atoms with van der Waals surface area (Å²) in [4.78, 5) is 23.7. The second kappa shape index (κ2) is 9.01. The minimum atomic E-state index is -0.748. The zero-order valence-corrected chi connectivity index (χ0v) is 13.0. The summed E-state index contributed by atoms with van der Waals surface area (Å²) in [5, 5.41) is 17.3. The molecule has 0 saturated carbocycles. The number of nitriles is 2. The molecule has 0 fully saturated rings. The number of ether oxygens (including phenoxy) is 2. The number of carbonyl (C=O) groups is 2. The predicted molar refractivity (Wildman–Crippen MR) is 82.2 cm³/mol. The molecular weight excluding hydrogens is 296 g/mol. The lowest BCUT2D eigenvalue weighted by Gasteiger charge is -2.08. The molecule has 1 rings (SSSR count). The van der Waals surface area contributed by atoms with Crippen LogP contribution in [-0.2, 0) is 14.3 Å². The SMILES string of the molecule is COc1cc(C#N)ccc1/C=C(/C(C)=O)C(=O)OCCCC#N. The molecule has 1 aromatic carbocycles. The number of carbonyl (C=O) groups excluding carboxylic acids is 2. The maximum atomic E-state index is 12.0. The van der Waals surface area contributed by atoms with Crippen molar-refractivity contribution in [1.29, 1.82) is 10.5 Å². The number of methoxy groups -OCH3 is 1. The van der Waals surface area contributed by atoms with Crippen LogP contribution in [0.5, 0.6) is 5.75 Å². The molecule has 0 spiro atoms. The van der Waals surface area contributed by atoms with Crippen LogP contribution in [0.15, 0.2) is 23.8 Å². The molecule has 0 aliphatic heterocycles. The average Bonchev–Trinajstić information content (AvgIpc) is 2.55. The van der Waals surface area contributed by atoms with Gasteiger partial charge in [-0.05, 0) is 37.6 Å². The summed E-state index contributed by atoms with van der Waals surface area (Å²) in [6.45, 7) is 1.33. The third kappa shape index (κ3) is 5.29. The topological polar surface area (TPSA) is 100 Å². The molecule has 118 valence electrons. The van der Waals surface area contributed by atoms with Crippen LogP contribution < -0.4 is 4.74 Å². The Bertz CT molecular complexity index is 708. The van der Waals surface area contributed by atoms with E-state index in [1.54, 1.807) is 12.1 Å². The van der Waals surface area contributed by atoms with Gasteiger partial charge in [0.25, 0.3) is 0 Å². The highest BCUT2D eigenvalue weighted by molar-refractivity contribution is 6.19. The first kappa shape index (κ1) is 17.9. The molecule has 6 nitrogen and oxygen atoms in total. The van der Waals surface area contributed by atoms with Gasteiger partial charge in [0.05, 0.1) is 31.4 Å². The monoisotopic (exact) mass is 312 g/mol. The molecule has 0 aliphatic carbocycles. The maximum Gasteiger partial charge on any atom is 0.341 e. The fraction of sp³-hybridized carbons (Fsp3) is 0.294. The number of hydrogen-bond donors (Lipinski definition) is 0. The third-order valence-corrected chi connectivity index (χ3v) is 2.93. The summed E-state index contributed by atoms with van der Waals surface area (Å²) in [6, 6.07) is 8.59. The zero-order valence-electron chi connectivity index (χ0n) is 13.0. The summed E-state index contributed by atoms with van der Waals surface area (Å²) >= 11 is 0. The van der Waals surface area contributed by atoms with Crippen LogP contribution in [0.3, 0.4) is 0 Å². The molecule has 6 heteroatoms. The molecular formula is C17H16N2O4. The molecule has 1 aromatic rings. The van der Waals surface area contributed by atoms with Crippen LogP contribution in [0.25, 0.3) is 6.08 Å². The van der Waals surface area contributed by atoms with Crippen molar-refractivity contribution in [1.82, 2.24) is 0 Å². The second-order valence-electron chi connectivity index (χ2n) is 4.58. The number of hydrogen-bond acceptors (Lipinski definition) is 6. The normalized spacial score (nSPS) is 10.3. The fourth-order valence-corrected chi connectivity index (χ4v) is 1.75. The van der Waals surface area contributed by atoms with E-state index in [9.17, 15) is 9.59 Å². The lowest BCUT2D eigenvalue weighted by molar-refractivity contribution is -0.140. The Labute approximate surface area is 134 Å². The number of benzene rings is 1. The molecule has 0 radical (unpaired) electrons. The van der Waals surface area contributed by atoms with Crippen LogP contribution >= 0.6 is 0 Å². The quantitative estimate of drug-likeness (QED) is 0.252. The van der Waals surface area contributed by atoms with Crippen molar-refractivity contribution in [2.24, 2.45) is 0 Å². The Morgan fingerprint density at radius 1 is 1.30 bits per heavy atom. The standard InChI is InChI=1S/C17H16N2O4/c1-12(20)15(17(21)23-8-4-3-7-18)10-14-6-5-13(11-19)9-16(14)22-2/h5-6,9-10H,3-4,8H2,1-2H3/b15-10-. The van der Waals surface area contributed by atoms with E-state index in [2.05, 4.69) is 0 Å². The van der Waals surface area contributed by atoms with Gasteiger partial charge in [-0.2, -0.15) is 10.5 Å². The van der Waals surface area contributed by atoms with Gasteiger partial charge in [0.2, 0.25) is 0 Å². The molecule has 0 aliphatic rings. The molecule has 0 atom stereocenters. The number of Topliss-reactive ketones (excluding diaryl/α,β-unsaturated/α-hetero) is 1. The second-order valence-corrected chi connectivity index (χ2v) is 4.58. The summed E-state index contributed by atoms with van der Waals surface area (Å²) in [6.07, 6.45) is 2.05. The first-order valence-electron chi connectivity index (χ1n) is 6.88. The van der Waals surface area contributed by atoms with E-state index < -0.39 is 11.8 Å². The largest absolute Gasteiger partial charge is 0.496 e. The molecule has 0 N–H and O–H groups in total. The fourth-order valence-electron chi connectivity index (χ4n) is 1.75. The highest BCUT2D eigenvalue weighted by atomic mass is 16.5. The van der Waals surface area contributed by atoms with Crippen LogP contribution in [0.4, 0.5) is 0 Å². The minimum Gasteiger partial charge on any atom is -0.496 e. The number of nitrogens with zero attached hydrogens (tertiary/aromatic N) is 2. The van der Waals surface area contributed by atoms with Gasteiger partial charge in [-0.1, -0.05) is 0 Å². The van der Waals surface area contributed by atoms with Crippen molar-refractivity contribution in [3.63, 3.8) is 0 Å². The van der Waals surface area contributed by atoms with E-state index in [1.807, 2.05) is 12.1 Å². The van der Waals surface area contributed by atoms with Gasteiger partial charge in [0.15, 0.2) is 5.78 Å². The van der Waals surface area contributed by atoms with Crippen LogP contribution in [-0.4, -0.2) is 25.5 Å². The van der Waals surface area contributed by atoms with E-state index in [0.717, 1.165) is 0 Å². The molecule has 0 amide bonds. The Kier molecular flexibility index (Phi) is 7.03. The van der Waals surface area contributed by atoms with Gasteiger partial charge in [-0.15, -0.1) is 0 Å². The van der Waals surface area contributed by atoms with Crippen molar-refractivity contribution in [2.45, 2.75) is 19.8 Å². The van der Waals surface area contributed by atoms with Crippen LogP contribution in [0.1, 0.15) is 30.9 Å². The summed E-state index contributed by atoms with van der Waals surface area (Å²) < 4.78 is 10.2. The highest BCUT2D eigenvalue weighted by Crippen LogP contribution is 2.23. The average molecular weight is 312 g/mol. The van der Waals surface area contributed by atoms with Crippen molar-refractivity contribution in [2.75, 3.05) is 13.7 Å². The minimum absolute atomic E-state index is 0.0710. The van der Waals surface area contributed by atoms with Gasteiger partial charge in [-0.25, -0.2) is 4.79 Å². The summed E-state index contributed by atoms with van der Waals surface area (Å²) in [5.41, 5.74) is 0.776. The predicted octanol–water partition coefficient (Wildman–Crippen LogP) is 2.39. The summed E-state index contributed by atoms with van der Waals surface area (Å²) in [7, 11) is 1.43. The van der Waals surface area contributed by atoms with Gasteiger partial charge in [0.1, 0.15) is 11.3 Å². The van der Waals surface area contributed by atoms with Gasteiger partial charge in [-0.3, -0.25) is 4.79 Å². The van der Waals surface area contributed by atoms with E-state index in [-0.39, 0.29) is 18.6 Å². The van der Waals surface area contributed by atoms with E-state index in [1.165, 1.54) is 26.2 Å². The summed E-state index contributed by atoms with van der Waals surface area (Å²) in [5.74, 6) is -0.816. The zero-order chi connectivity index (χ0) is 17.2. The van der Waals surface area contributed by atoms with Crippen molar-refractivity contribution < 1.29 is 19.1 Å². The number of rotatable bonds is 7. The highest BCUT2D eigenvalue weighted by Gasteiger charge is 2.17. The van der Waals surface area contributed by atoms with Crippen molar-refractivity contribution in [3.05, 3.63) is 34.9 Å². The van der Waals surface area contributed by atoms with Crippen molar-refractivity contribution >= 4 is 17.8 Å². The number of ketones is 1. The van der Waals surface area contributed by atoms with Gasteiger partial charge < -0.3 is 9.47 Å². The molecule has 23 heavy (non-hydrogen) atoms. The number of unbranched alkanes of at least 4 members (excludes halogenated alkanes) is 1. The first-order valence-corrected chi connectivity index (χ1v) is 6.88. The first-order chi connectivity index (χ1) is 11.0. The molecule has 0 bridgehead atoms. The third-order valence-electron chi connectivity index (χ3n) is 2.93. The molecule has 0 heterocycles. The van der Waals surface area contributed by atoms with Crippen LogP contribution in [0.2, 0.25) is 0 Å². The lowest BCUT2D eigenvalue weighted by atomic mass is 10.1. The van der Waals surface area contributed by atoms with Crippen LogP contribution in [0, 0.1) is 22.7 Å². The van der Waals surface area contributed by atoms with Gasteiger partial charge >= 0.3 is 5.97 Å². The Hall–Kier alpha value is -3.12. The van der Waals surface area contributed by atoms with Crippen molar-refractivity contribution in [3.8, 4) is 17.9 Å². The van der Waals surface area contributed by atoms with E-state index in [4.69, 9.17) is 20.0 Å². The number of esters is 1. The Morgan fingerprint density at radius 2 is 2.04 bits per heavy atom. The smallest absolute Gasteiger partial charge is 0.341 e. The maximum absolute atomic E-state index is 12.0. The Morgan fingerprint density at radius 3 is 2.61 bits per heavy atom. The molecule has 0 aromatic heterocycles. The lowest BCUT2D eigenvalue weighted by Crippen LogP contribution is -2.14. The molecule has 0 saturated heterocycles. The Balaban J connectivity index is 3.04.